The normalized spacial score (nSPS) is 18.5. The molecule has 184 valence electrons. The Balaban J connectivity index is 1.71. The Morgan fingerprint density at radius 2 is 1.82 bits per heavy atom. The molecule has 2 aliphatic rings. The van der Waals surface area contributed by atoms with Crippen LogP contribution in [0.3, 0.4) is 0 Å². The number of hydrogen-bond acceptors (Lipinski definition) is 6. The van der Waals surface area contributed by atoms with Gasteiger partial charge in [0.15, 0.2) is 23.0 Å². The number of amides is 1. The number of rotatable bonds is 7. The molecular weight excluding hydrogens is 432 g/mol. The maximum Gasteiger partial charge on any atom is 0.222 e. The van der Waals surface area contributed by atoms with E-state index < -0.39 is 0 Å². The van der Waals surface area contributed by atoms with Crippen LogP contribution >= 0.6 is 0 Å². The number of likely N-dealkylation sites (N-methyl/N-ethyl adjacent to an activating group) is 1. The molecule has 2 heterocycles. The van der Waals surface area contributed by atoms with Crippen molar-refractivity contribution in [1.29, 1.82) is 0 Å². The number of carbonyl (C=O) groups is 1. The van der Waals surface area contributed by atoms with Gasteiger partial charge in [0.1, 0.15) is 13.2 Å². The molecule has 0 bridgehead atoms. The molecule has 1 fully saturated rings. The van der Waals surface area contributed by atoms with Gasteiger partial charge in [0.25, 0.3) is 0 Å². The van der Waals surface area contributed by atoms with E-state index >= 15 is 0 Å². The Hall–Kier alpha value is -2.93. The Morgan fingerprint density at radius 1 is 1.03 bits per heavy atom. The fraction of sp³-hybridized carbons (Fsp3) is 0.519. The summed E-state index contributed by atoms with van der Waals surface area (Å²) in [6, 6.07) is 10.4. The predicted molar refractivity (Wildman–Crippen MR) is 132 cm³/mol. The van der Waals surface area contributed by atoms with Crippen molar-refractivity contribution in [2.45, 2.75) is 45.2 Å². The summed E-state index contributed by atoms with van der Waals surface area (Å²) in [7, 11) is 5.43. The van der Waals surface area contributed by atoms with Crippen molar-refractivity contribution in [3.8, 4) is 34.1 Å². The van der Waals surface area contributed by atoms with Crippen LogP contribution in [-0.4, -0.2) is 69.3 Å². The summed E-state index contributed by atoms with van der Waals surface area (Å²) >= 11 is 0. The van der Waals surface area contributed by atoms with Crippen LogP contribution in [0.1, 0.15) is 38.2 Å². The van der Waals surface area contributed by atoms with Gasteiger partial charge in [-0.1, -0.05) is 19.4 Å². The van der Waals surface area contributed by atoms with Crippen molar-refractivity contribution >= 4 is 5.91 Å². The first-order valence-electron chi connectivity index (χ1n) is 12.2. The Bertz CT molecular complexity index is 1010. The van der Waals surface area contributed by atoms with Gasteiger partial charge in [-0.3, -0.25) is 4.79 Å². The summed E-state index contributed by atoms with van der Waals surface area (Å²) < 4.78 is 23.5. The van der Waals surface area contributed by atoms with Gasteiger partial charge >= 0.3 is 0 Å². The summed E-state index contributed by atoms with van der Waals surface area (Å²) in [5.74, 6) is 2.95. The van der Waals surface area contributed by atoms with E-state index in [2.05, 4.69) is 18.0 Å². The van der Waals surface area contributed by atoms with E-state index in [0.717, 1.165) is 41.2 Å². The largest absolute Gasteiger partial charge is 0.493 e. The van der Waals surface area contributed by atoms with Crippen molar-refractivity contribution in [2.24, 2.45) is 0 Å². The molecule has 0 aromatic heterocycles. The number of carbonyl (C=O) groups excluding carboxylic acids is 1. The second kappa shape index (κ2) is 11.0. The van der Waals surface area contributed by atoms with Crippen LogP contribution in [0.5, 0.6) is 23.0 Å². The molecule has 1 unspecified atom stereocenters. The van der Waals surface area contributed by atoms with E-state index in [4.69, 9.17) is 18.9 Å². The van der Waals surface area contributed by atoms with E-state index in [9.17, 15) is 4.79 Å². The van der Waals surface area contributed by atoms with Crippen molar-refractivity contribution in [1.82, 2.24) is 9.80 Å². The molecule has 34 heavy (non-hydrogen) atoms. The molecule has 2 aromatic rings. The third-order valence-corrected chi connectivity index (χ3v) is 6.83. The maximum absolute atomic E-state index is 12.5. The van der Waals surface area contributed by atoms with Crippen LogP contribution in [0.2, 0.25) is 0 Å². The zero-order valence-corrected chi connectivity index (χ0v) is 20.8. The van der Waals surface area contributed by atoms with E-state index in [1.165, 1.54) is 12.8 Å². The number of likely N-dealkylation sites (tertiary alicyclic amines) is 1. The highest BCUT2D eigenvalue weighted by Crippen LogP contribution is 2.41. The molecule has 1 atom stereocenters. The zero-order valence-electron chi connectivity index (χ0n) is 20.8. The lowest BCUT2D eigenvalue weighted by molar-refractivity contribution is -0.131. The highest BCUT2D eigenvalue weighted by Gasteiger charge is 2.25. The van der Waals surface area contributed by atoms with E-state index in [1.807, 2.05) is 36.1 Å². The monoisotopic (exact) mass is 468 g/mol. The van der Waals surface area contributed by atoms with Crippen LogP contribution < -0.4 is 18.9 Å². The van der Waals surface area contributed by atoms with Gasteiger partial charge in [-0.05, 0) is 61.8 Å². The van der Waals surface area contributed by atoms with Crippen LogP contribution in [0.4, 0.5) is 0 Å². The van der Waals surface area contributed by atoms with Gasteiger partial charge in [-0.25, -0.2) is 0 Å². The molecule has 0 saturated carbocycles. The van der Waals surface area contributed by atoms with E-state index in [-0.39, 0.29) is 5.91 Å². The number of fused-ring (bicyclic) bond motifs is 1. The number of hydrogen-bond donors (Lipinski definition) is 0. The van der Waals surface area contributed by atoms with Crippen LogP contribution in [0.15, 0.2) is 30.3 Å². The minimum atomic E-state index is 0.124. The van der Waals surface area contributed by atoms with Gasteiger partial charge in [-0.2, -0.15) is 0 Å². The molecule has 0 aliphatic carbocycles. The summed E-state index contributed by atoms with van der Waals surface area (Å²) in [6.45, 7) is 5.13. The molecule has 7 nitrogen and oxygen atoms in total. The Morgan fingerprint density at radius 3 is 2.56 bits per heavy atom. The van der Waals surface area contributed by atoms with E-state index in [1.54, 1.807) is 14.2 Å². The van der Waals surface area contributed by atoms with Gasteiger partial charge in [0, 0.05) is 24.6 Å². The van der Waals surface area contributed by atoms with Gasteiger partial charge in [0.2, 0.25) is 5.91 Å². The van der Waals surface area contributed by atoms with Gasteiger partial charge < -0.3 is 28.7 Å². The molecule has 0 spiro atoms. The van der Waals surface area contributed by atoms with Gasteiger partial charge in [-0.15, -0.1) is 0 Å². The molecule has 1 saturated heterocycles. The molecule has 0 N–H and O–H groups in total. The van der Waals surface area contributed by atoms with Gasteiger partial charge in [0.05, 0.1) is 20.8 Å². The highest BCUT2D eigenvalue weighted by atomic mass is 16.5. The number of ether oxygens (including phenoxy) is 4. The molecule has 7 heteroatoms. The first-order chi connectivity index (χ1) is 16.5. The quantitative estimate of drug-likeness (QED) is 0.602. The van der Waals surface area contributed by atoms with Crippen molar-refractivity contribution in [3.05, 3.63) is 35.9 Å². The standard InChI is InChI=1S/C27H36N2O5/c1-5-26(30)29-12-13-33-27-21(17-29)14-20(19-9-10-23(31-3)24(15-19)32-4)16-25(27)34-18-22-8-6-7-11-28(22)2/h9-10,14-16,22H,5-8,11-13,17-18H2,1-4H3. The summed E-state index contributed by atoms with van der Waals surface area (Å²) in [4.78, 5) is 16.7. The molecular formula is C27H36N2O5. The van der Waals surface area contributed by atoms with Crippen LogP contribution in [-0.2, 0) is 11.3 Å². The summed E-state index contributed by atoms with van der Waals surface area (Å²) in [5.41, 5.74) is 2.93. The summed E-state index contributed by atoms with van der Waals surface area (Å²) in [6.07, 6.45) is 4.07. The van der Waals surface area contributed by atoms with Crippen molar-refractivity contribution < 1.29 is 23.7 Å². The number of methoxy groups -OCH3 is 2. The topological polar surface area (TPSA) is 60.5 Å². The lowest BCUT2D eigenvalue weighted by Gasteiger charge is -2.32. The second-order valence-corrected chi connectivity index (χ2v) is 8.99. The molecule has 2 aromatic carbocycles. The molecule has 2 aliphatic heterocycles. The fourth-order valence-electron chi connectivity index (χ4n) is 4.75. The smallest absolute Gasteiger partial charge is 0.222 e. The minimum absolute atomic E-state index is 0.124. The average molecular weight is 469 g/mol. The second-order valence-electron chi connectivity index (χ2n) is 8.99. The Kier molecular flexibility index (Phi) is 7.83. The third kappa shape index (κ3) is 5.25. The first kappa shape index (κ1) is 24.2. The number of piperidine rings is 1. The lowest BCUT2D eigenvalue weighted by atomic mass is 10.0. The van der Waals surface area contributed by atoms with Crippen LogP contribution in [0, 0.1) is 0 Å². The summed E-state index contributed by atoms with van der Waals surface area (Å²) in [5, 5.41) is 0. The number of benzene rings is 2. The van der Waals surface area contributed by atoms with Crippen LogP contribution in [0.25, 0.3) is 11.1 Å². The highest BCUT2D eigenvalue weighted by molar-refractivity contribution is 5.77. The number of nitrogens with zero attached hydrogens (tertiary/aromatic N) is 2. The minimum Gasteiger partial charge on any atom is -0.493 e. The maximum atomic E-state index is 12.5. The molecule has 0 radical (unpaired) electrons. The lowest BCUT2D eigenvalue weighted by Crippen LogP contribution is -2.40. The SMILES string of the molecule is CCC(=O)N1CCOc2c(cc(-c3ccc(OC)c(OC)c3)cc2OCC2CCCCN2C)C1. The zero-order chi connectivity index (χ0) is 24.1. The molecule has 4 rings (SSSR count). The molecule has 1 amide bonds. The third-order valence-electron chi connectivity index (χ3n) is 6.83. The van der Waals surface area contributed by atoms with E-state index in [0.29, 0.717) is 50.3 Å². The fourth-order valence-corrected chi connectivity index (χ4v) is 4.75. The predicted octanol–water partition coefficient (Wildman–Crippen LogP) is 4.36. The average Bonchev–Trinajstić information content (AvgIpc) is 3.09. The van der Waals surface area contributed by atoms with Crippen molar-refractivity contribution in [3.63, 3.8) is 0 Å². The van der Waals surface area contributed by atoms with Crippen molar-refractivity contribution in [2.75, 3.05) is 47.6 Å². The Labute approximate surface area is 202 Å². The first-order valence-corrected chi connectivity index (χ1v) is 12.2.